The molecule has 2 nitrogen and oxygen atoms in total. The van der Waals surface area contributed by atoms with Gasteiger partial charge in [0.1, 0.15) is 0 Å². The topological polar surface area (TPSA) is 29.1 Å². The normalized spacial score (nSPS) is 12.3. The van der Waals surface area contributed by atoms with E-state index in [2.05, 4.69) is 5.32 Å². The van der Waals surface area contributed by atoms with Gasteiger partial charge in [-0.05, 0) is 37.6 Å². The van der Waals surface area contributed by atoms with Crippen LogP contribution in [0.25, 0.3) is 0 Å². The lowest BCUT2D eigenvalue weighted by molar-refractivity contribution is 0.0954. The first kappa shape index (κ1) is 12.3. The van der Waals surface area contributed by atoms with Gasteiger partial charge in [0.05, 0.1) is 0 Å². The number of amides is 1. The molecule has 1 aromatic carbocycles. The lowest BCUT2D eigenvalue weighted by atomic mass is 10.1. The molecule has 1 aromatic rings. The lowest BCUT2D eigenvalue weighted by Crippen LogP contribution is -2.28. The second-order valence-electron chi connectivity index (χ2n) is 3.51. The molecular weight excluding hydrogens is 233 g/mol. The van der Waals surface area contributed by atoms with Crippen LogP contribution in [0.1, 0.15) is 22.8 Å². The molecule has 1 rings (SSSR count). The van der Waals surface area contributed by atoms with Crippen molar-refractivity contribution >= 4 is 29.1 Å². The van der Waals surface area contributed by atoms with E-state index < -0.39 is 0 Å². The highest BCUT2D eigenvalue weighted by Crippen LogP contribution is 2.14. The number of carbonyl (C=O) groups is 1. The van der Waals surface area contributed by atoms with E-state index in [0.29, 0.717) is 17.1 Å². The number of benzene rings is 1. The number of carbonyl (C=O) groups excluding carboxylic acids is 1. The van der Waals surface area contributed by atoms with E-state index >= 15 is 0 Å². The lowest BCUT2D eigenvalue weighted by Gasteiger charge is -2.07. The molecule has 0 fully saturated rings. The zero-order chi connectivity index (χ0) is 11.4. The summed E-state index contributed by atoms with van der Waals surface area (Å²) in [5.41, 5.74) is 1.53. The van der Waals surface area contributed by atoms with Crippen LogP contribution in [-0.2, 0) is 0 Å². The van der Waals surface area contributed by atoms with Gasteiger partial charge in [-0.1, -0.05) is 11.6 Å². The summed E-state index contributed by atoms with van der Waals surface area (Å²) in [6.45, 7) is 4.17. The fourth-order valence-corrected chi connectivity index (χ4v) is 1.57. The molecule has 0 heterocycles. The molecule has 1 atom stereocenters. The van der Waals surface area contributed by atoms with E-state index in [9.17, 15) is 4.79 Å². The first-order valence-corrected chi connectivity index (χ1v) is 5.50. The smallest absolute Gasteiger partial charge is 0.251 e. The predicted octanol–water partition coefficient (Wildman–Crippen LogP) is 3.01. The third-order valence-electron chi connectivity index (χ3n) is 1.85. The van der Waals surface area contributed by atoms with Crippen LogP contribution in [0.5, 0.6) is 0 Å². The standard InChI is InChI=1S/C11H13Cl2NO/c1-7-3-9(5-10(13)4-7)11(15)14-6-8(2)12/h3-5,8H,6H2,1-2H3,(H,14,15). The first-order valence-electron chi connectivity index (χ1n) is 4.68. The molecule has 4 heteroatoms. The van der Waals surface area contributed by atoms with Crippen LogP contribution in [0, 0.1) is 6.92 Å². The van der Waals surface area contributed by atoms with Crippen molar-refractivity contribution in [3.8, 4) is 0 Å². The quantitative estimate of drug-likeness (QED) is 0.816. The summed E-state index contributed by atoms with van der Waals surface area (Å²) in [5, 5.41) is 3.22. The number of alkyl halides is 1. The zero-order valence-electron chi connectivity index (χ0n) is 8.68. The first-order chi connectivity index (χ1) is 6.99. The summed E-state index contributed by atoms with van der Waals surface area (Å²) in [6, 6.07) is 5.24. The van der Waals surface area contributed by atoms with Crippen LogP contribution >= 0.6 is 23.2 Å². The van der Waals surface area contributed by atoms with Gasteiger partial charge in [-0.25, -0.2) is 0 Å². The second kappa shape index (κ2) is 5.38. The van der Waals surface area contributed by atoms with Crippen molar-refractivity contribution in [3.05, 3.63) is 34.3 Å². The van der Waals surface area contributed by atoms with Crippen molar-refractivity contribution in [1.82, 2.24) is 5.32 Å². The highest BCUT2D eigenvalue weighted by molar-refractivity contribution is 6.31. The number of hydrogen-bond donors (Lipinski definition) is 1. The summed E-state index contributed by atoms with van der Waals surface area (Å²) in [4.78, 5) is 11.6. The number of rotatable bonds is 3. The number of aryl methyl sites for hydroxylation is 1. The monoisotopic (exact) mass is 245 g/mol. The molecule has 0 radical (unpaired) electrons. The molecule has 1 unspecified atom stereocenters. The highest BCUT2D eigenvalue weighted by Gasteiger charge is 2.07. The molecular formula is C11H13Cl2NO. The Hall–Kier alpha value is -0.730. The van der Waals surface area contributed by atoms with Crippen LogP contribution < -0.4 is 5.32 Å². The highest BCUT2D eigenvalue weighted by atomic mass is 35.5. The maximum Gasteiger partial charge on any atom is 0.251 e. The van der Waals surface area contributed by atoms with Gasteiger partial charge in [0, 0.05) is 22.5 Å². The Morgan fingerprint density at radius 2 is 2.13 bits per heavy atom. The van der Waals surface area contributed by atoms with Gasteiger partial charge in [-0.3, -0.25) is 4.79 Å². The SMILES string of the molecule is Cc1cc(Cl)cc(C(=O)NCC(C)Cl)c1. The Balaban J connectivity index is 2.73. The zero-order valence-corrected chi connectivity index (χ0v) is 10.2. The largest absolute Gasteiger partial charge is 0.351 e. The molecule has 1 N–H and O–H groups in total. The van der Waals surface area contributed by atoms with Gasteiger partial charge in [-0.15, -0.1) is 11.6 Å². The molecule has 15 heavy (non-hydrogen) atoms. The van der Waals surface area contributed by atoms with E-state index in [1.54, 1.807) is 12.1 Å². The molecule has 0 aliphatic heterocycles. The van der Waals surface area contributed by atoms with Crippen molar-refractivity contribution in [3.63, 3.8) is 0 Å². The van der Waals surface area contributed by atoms with E-state index in [1.165, 1.54) is 0 Å². The van der Waals surface area contributed by atoms with E-state index in [-0.39, 0.29) is 11.3 Å². The summed E-state index contributed by atoms with van der Waals surface area (Å²) in [6.07, 6.45) is 0. The predicted molar refractivity (Wildman–Crippen MR) is 63.8 cm³/mol. The Bertz CT molecular complexity index is 343. The van der Waals surface area contributed by atoms with Gasteiger partial charge in [0.25, 0.3) is 5.91 Å². The van der Waals surface area contributed by atoms with Gasteiger partial charge in [-0.2, -0.15) is 0 Å². The van der Waals surface area contributed by atoms with Crippen molar-refractivity contribution in [2.24, 2.45) is 0 Å². The van der Waals surface area contributed by atoms with Crippen LogP contribution in [0.15, 0.2) is 18.2 Å². The summed E-state index contributed by atoms with van der Waals surface area (Å²) < 4.78 is 0. The van der Waals surface area contributed by atoms with Crippen LogP contribution in [-0.4, -0.2) is 17.8 Å². The summed E-state index contributed by atoms with van der Waals surface area (Å²) >= 11 is 11.6. The van der Waals surface area contributed by atoms with E-state index in [4.69, 9.17) is 23.2 Å². The van der Waals surface area contributed by atoms with Crippen LogP contribution in [0.3, 0.4) is 0 Å². The minimum Gasteiger partial charge on any atom is -0.351 e. The molecule has 0 saturated heterocycles. The van der Waals surface area contributed by atoms with Crippen LogP contribution in [0.4, 0.5) is 0 Å². The maximum atomic E-state index is 11.6. The van der Waals surface area contributed by atoms with Crippen molar-refractivity contribution in [1.29, 1.82) is 0 Å². The van der Waals surface area contributed by atoms with Crippen LogP contribution in [0.2, 0.25) is 5.02 Å². The summed E-state index contributed by atoms with van der Waals surface area (Å²) in [5.74, 6) is -0.145. The average molecular weight is 246 g/mol. The minimum absolute atomic E-state index is 0.0748. The molecule has 0 spiro atoms. The fourth-order valence-electron chi connectivity index (χ4n) is 1.20. The fraction of sp³-hybridized carbons (Fsp3) is 0.364. The Morgan fingerprint density at radius 1 is 1.47 bits per heavy atom. The average Bonchev–Trinajstić information content (AvgIpc) is 2.12. The van der Waals surface area contributed by atoms with Gasteiger partial charge >= 0.3 is 0 Å². The third-order valence-corrected chi connectivity index (χ3v) is 2.22. The number of hydrogen-bond acceptors (Lipinski definition) is 1. The third kappa shape index (κ3) is 4.10. The molecule has 0 saturated carbocycles. The molecule has 82 valence electrons. The van der Waals surface area contributed by atoms with Crippen molar-refractivity contribution < 1.29 is 4.79 Å². The molecule has 0 aromatic heterocycles. The second-order valence-corrected chi connectivity index (χ2v) is 4.69. The van der Waals surface area contributed by atoms with E-state index in [1.807, 2.05) is 19.9 Å². The Kier molecular flexibility index (Phi) is 4.43. The molecule has 0 bridgehead atoms. The van der Waals surface area contributed by atoms with E-state index in [0.717, 1.165) is 5.56 Å². The molecule has 0 aliphatic carbocycles. The Labute approximate surface area is 99.6 Å². The van der Waals surface area contributed by atoms with Crippen molar-refractivity contribution in [2.45, 2.75) is 19.2 Å². The minimum atomic E-state index is -0.145. The molecule has 1 amide bonds. The molecule has 0 aliphatic rings. The van der Waals surface area contributed by atoms with Crippen molar-refractivity contribution in [2.75, 3.05) is 6.54 Å². The number of halogens is 2. The van der Waals surface area contributed by atoms with Gasteiger partial charge in [0.15, 0.2) is 0 Å². The number of nitrogens with one attached hydrogen (secondary N) is 1. The van der Waals surface area contributed by atoms with Gasteiger partial charge in [0.2, 0.25) is 0 Å². The Morgan fingerprint density at radius 3 is 2.67 bits per heavy atom. The summed E-state index contributed by atoms with van der Waals surface area (Å²) in [7, 11) is 0. The maximum absolute atomic E-state index is 11.6. The van der Waals surface area contributed by atoms with Gasteiger partial charge < -0.3 is 5.32 Å².